The number of nitrogen functional groups attached to an aromatic ring is 1. The van der Waals surface area contributed by atoms with Gasteiger partial charge in [0.25, 0.3) is 0 Å². The highest BCUT2D eigenvalue weighted by Crippen LogP contribution is 2.30. The van der Waals surface area contributed by atoms with Gasteiger partial charge in [-0.3, -0.25) is 20.4 Å². The van der Waals surface area contributed by atoms with Crippen LogP contribution in [0, 0.1) is 34.9 Å². The van der Waals surface area contributed by atoms with Crippen molar-refractivity contribution in [3.63, 3.8) is 0 Å². The number of halogens is 11. The lowest BCUT2D eigenvalue weighted by Crippen LogP contribution is -2.43. The van der Waals surface area contributed by atoms with E-state index in [0.717, 1.165) is 26.2 Å². The first-order valence-electron chi connectivity index (χ1n) is 27.7. The molecule has 32 heteroatoms. The molecule has 4 aliphatic heterocycles. The SMILES string of the molecule is C=CCOC(=O)Nc1ccc(Br)c(F)c1.COCC(CO)Nc1ccc(N2CCNCC2)c(F)c1.COCC1COC(=O)N1c1ccc(Br)c(F)c1.Nc1ccc(Br)c(F)c1.O=C(Nc1ccc(Br)c(F)c1)OCC1CO1.O=C1OCC(CO)N1c1ccc(Br)c(F)c1. The predicted molar refractivity (Wildman–Crippen MR) is 357 cm³/mol. The minimum atomic E-state index is -0.642. The van der Waals surface area contributed by atoms with Gasteiger partial charge in [0, 0.05) is 63.1 Å². The number of rotatable bonds is 17. The average Bonchev–Trinajstić information content (AvgIpc) is 1.75. The summed E-state index contributed by atoms with van der Waals surface area (Å²) in [5, 5.41) is 29.3. The summed E-state index contributed by atoms with van der Waals surface area (Å²) in [6, 6.07) is 26.0. The topological polar surface area (TPSA) is 261 Å². The Labute approximate surface area is 573 Å². The van der Waals surface area contributed by atoms with Gasteiger partial charge in [-0.25, -0.2) is 45.5 Å². The number of nitrogens with one attached hydrogen (secondary N) is 4. The van der Waals surface area contributed by atoms with Crippen molar-refractivity contribution < 1.29 is 88.9 Å². The molecule has 0 aromatic heterocycles. The van der Waals surface area contributed by atoms with Gasteiger partial charge in [-0.1, -0.05) is 12.7 Å². The molecule has 10 rings (SSSR count). The van der Waals surface area contributed by atoms with Crippen molar-refractivity contribution in [2.75, 3.05) is 136 Å². The number of carbonyl (C=O) groups is 4. The standard InChI is InChI=1S/C14H22FN3O2.C11H11BrFNO3.2C10H9BrFNO3.C10H9BrFNO2.C6H5BrFN/c1-20-10-12(9-19)17-11-2-3-14(13(15)8-11)18-6-4-16-5-7-18;1-16-5-8-6-17-11(15)14(8)7-2-3-9(12)10(13)4-7;11-8-2-1-6(3-9(8)12)13-10(14)16-5-7-4-15-7;11-8-2-1-6(3-9(8)12)13-7(4-14)5-16-10(13)15;1-2-5-15-10(14)13-7-3-4-8(11)9(12)6-7;7-5-2-1-4(9)3-6(5)8/h2-3,8,12,16-17,19H,4-7,9-10H2,1H3;2-4,8H,5-6H2,1H3;1-3,7H,4-5H2,(H,13,14);1-3,7,14H,4-5H2;2-4,6H,1,5H2,(H,13,14);1-3H,9H2. The first-order chi connectivity index (χ1) is 44.5. The van der Waals surface area contributed by atoms with E-state index in [4.69, 9.17) is 39.3 Å². The molecule has 4 atom stereocenters. The van der Waals surface area contributed by atoms with Gasteiger partial charge in [0.15, 0.2) is 0 Å². The van der Waals surface area contributed by atoms with Gasteiger partial charge in [0.2, 0.25) is 0 Å². The van der Waals surface area contributed by atoms with Crippen LogP contribution in [0.1, 0.15) is 0 Å². The van der Waals surface area contributed by atoms with E-state index in [1.165, 1.54) is 70.5 Å². The Morgan fingerprint density at radius 3 is 1.54 bits per heavy atom. The zero-order valence-electron chi connectivity index (χ0n) is 49.6. The predicted octanol–water partition coefficient (Wildman–Crippen LogP) is 13.1. The minimum absolute atomic E-state index is 0.0207. The number of benzene rings is 6. The quantitative estimate of drug-likeness (QED) is 0.0147. The number of carbonyl (C=O) groups excluding carboxylic acids is 4. The fourth-order valence-corrected chi connectivity index (χ4v) is 9.28. The number of hydrogen-bond acceptors (Lipinski definition) is 17. The third-order valence-electron chi connectivity index (χ3n) is 12.6. The van der Waals surface area contributed by atoms with Gasteiger partial charge >= 0.3 is 24.4 Å². The molecule has 4 unspecified atom stereocenters. The first-order valence-corrected chi connectivity index (χ1v) is 31.7. The summed E-state index contributed by atoms with van der Waals surface area (Å²) < 4.78 is 115. The second kappa shape index (κ2) is 39.9. The van der Waals surface area contributed by atoms with Gasteiger partial charge in [-0.2, -0.15) is 0 Å². The molecule has 4 fully saturated rings. The Hall–Kier alpha value is -6.72. The summed E-state index contributed by atoms with van der Waals surface area (Å²) in [6.07, 6.45) is -0.835. The molecule has 6 aromatic rings. The molecule has 93 heavy (non-hydrogen) atoms. The van der Waals surface area contributed by atoms with E-state index >= 15 is 0 Å². The number of epoxide rings is 1. The molecule has 0 radical (unpaired) electrons. The number of aliphatic hydroxyl groups excluding tert-OH is 2. The van der Waals surface area contributed by atoms with Gasteiger partial charge in [0.05, 0.1) is 90.6 Å². The Balaban J connectivity index is 0.000000205. The maximum absolute atomic E-state index is 14.2. The van der Waals surface area contributed by atoms with Crippen LogP contribution in [0.2, 0.25) is 0 Å². The molecule has 0 spiro atoms. The molecule has 4 aliphatic rings. The zero-order chi connectivity index (χ0) is 68.1. The highest BCUT2D eigenvalue weighted by atomic mass is 79.9. The number of piperazine rings is 1. The van der Waals surface area contributed by atoms with Gasteiger partial charge < -0.3 is 64.6 Å². The summed E-state index contributed by atoms with van der Waals surface area (Å²) in [6.45, 7) is 8.55. The molecule has 4 heterocycles. The average molecular weight is 1630 g/mol. The van der Waals surface area contributed by atoms with Crippen molar-refractivity contribution in [3.8, 4) is 0 Å². The zero-order valence-corrected chi connectivity index (χ0v) is 57.6. The van der Waals surface area contributed by atoms with Crippen molar-refractivity contribution in [1.29, 1.82) is 0 Å². The van der Waals surface area contributed by atoms with E-state index in [1.54, 1.807) is 62.8 Å². The summed E-state index contributed by atoms with van der Waals surface area (Å²) in [7, 11) is 3.11. The molecule has 6 aromatic carbocycles. The van der Waals surface area contributed by atoms with E-state index in [0.29, 0.717) is 82.0 Å². The number of anilines is 7. The number of amides is 4. The van der Waals surface area contributed by atoms with Gasteiger partial charge in [-0.15, -0.1) is 0 Å². The summed E-state index contributed by atoms with van der Waals surface area (Å²) in [5.41, 5.74) is 8.52. The summed E-state index contributed by atoms with van der Waals surface area (Å²) >= 11 is 15.1. The van der Waals surface area contributed by atoms with Crippen LogP contribution in [-0.4, -0.2) is 159 Å². The Morgan fingerprint density at radius 2 is 1.10 bits per heavy atom. The molecular weight excluding hydrogens is 1570 g/mol. The Morgan fingerprint density at radius 1 is 0.634 bits per heavy atom. The van der Waals surface area contributed by atoms with Gasteiger partial charge in [0.1, 0.15) is 67.4 Å². The van der Waals surface area contributed by atoms with E-state index in [1.807, 2.05) is 11.0 Å². The molecule has 8 N–H and O–H groups in total. The number of nitrogens with zero attached hydrogens (tertiary/aromatic N) is 3. The second-order valence-corrected chi connectivity index (χ2v) is 23.8. The fourth-order valence-electron chi connectivity index (χ4n) is 8.04. The lowest BCUT2D eigenvalue weighted by atomic mass is 10.2. The Bertz CT molecular complexity index is 3440. The van der Waals surface area contributed by atoms with Crippen LogP contribution in [-0.2, 0) is 33.2 Å². The number of aliphatic hydroxyl groups is 2. The van der Waals surface area contributed by atoms with Crippen LogP contribution < -0.4 is 41.7 Å². The van der Waals surface area contributed by atoms with Crippen molar-refractivity contribution in [2.24, 2.45) is 0 Å². The maximum Gasteiger partial charge on any atom is 0.414 e. The minimum Gasteiger partial charge on any atom is -0.447 e. The third kappa shape index (κ3) is 25.8. The van der Waals surface area contributed by atoms with Crippen molar-refractivity contribution in [3.05, 3.63) is 179 Å². The normalized spacial score (nSPS) is 16.2. The lowest BCUT2D eigenvalue weighted by Gasteiger charge is -2.30. The number of hydrogen-bond donors (Lipinski definition) is 7. The highest BCUT2D eigenvalue weighted by Gasteiger charge is 2.35. The van der Waals surface area contributed by atoms with Crippen LogP contribution in [0.4, 0.5) is 85.3 Å². The summed E-state index contributed by atoms with van der Waals surface area (Å²) in [4.78, 5) is 49.9. The van der Waals surface area contributed by atoms with E-state index in [2.05, 4.69) is 112 Å². The largest absolute Gasteiger partial charge is 0.447 e. The monoisotopic (exact) mass is 1630 g/mol. The number of nitrogens with two attached hydrogens (primary N) is 1. The van der Waals surface area contributed by atoms with Crippen LogP contribution in [0.25, 0.3) is 0 Å². The van der Waals surface area contributed by atoms with Gasteiger partial charge in [-0.05, 0) is 189 Å². The first kappa shape index (κ1) is 77.0. The highest BCUT2D eigenvalue weighted by molar-refractivity contribution is 9.11. The molecule has 0 bridgehead atoms. The Kier molecular flexibility index (Phi) is 33.0. The smallest absolute Gasteiger partial charge is 0.414 e. The van der Waals surface area contributed by atoms with Crippen molar-refractivity contribution in [2.45, 2.75) is 24.2 Å². The third-order valence-corrected chi connectivity index (χ3v) is 15.8. The lowest BCUT2D eigenvalue weighted by molar-refractivity contribution is 0.150. The molecule has 0 saturated carbocycles. The van der Waals surface area contributed by atoms with Crippen LogP contribution in [0.5, 0.6) is 0 Å². The van der Waals surface area contributed by atoms with Crippen molar-refractivity contribution in [1.82, 2.24) is 5.32 Å². The summed E-state index contributed by atoms with van der Waals surface area (Å²) in [5.74, 6) is -2.34. The maximum atomic E-state index is 14.2. The van der Waals surface area contributed by atoms with E-state index in [9.17, 15) is 50.6 Å². The van der Waals surface area contributed by atoms with E-state index in [-0.39, 0.29) is 69.5 Å². The van der Waals surface area contributed by atoms with Crippen LogP contribution in [0.3, 0.4) is 0 Å². The van der Waals surface area contributed by atoms with E-state index < -0.39 is 53.7 Å². The van der Waals surface area contributed by atoms with Crippen LogP contribution >= 0.6 is 79.6 Å². The number of methoxy groups -OCH3 is 2. The number of cyclic esters (lactones) is 2. The van der Waals surface area contributed by atoms with Crippen LogP contribution in [0.15, 0.2) is 144 Å². The molecule has 4 saturated heterocycles. The van der Waals surface area contributed by atoms with Crippen molar-refractivity contribution >= 4 is 144 Å². The molecule has 504 valence electrons. The second-order valence-electron chi connectivity index (χ2n) is 19.5. The number of ether oxygens (including phenoxy) is 7. The molecule has 0 aliphatic carbocycles. The fraction of sp³-hybridized carbons (Fsp3) is 0.311. The molecule has 4 amide bonds. The molecule has 21 nitrogen and oxygen atoms in total. The molecular formula is C61H65Br5F6N8O13.